The van der Waals surface area contributed by atoms with E-state index in [1.165, 1.54) is 12.8 Å². The zero-order valence-electron chi connectivity index (χ0n) is 12.2. The van der Waals surface area contributed by atoms with Crippen LogP contribution in [0.25, 0.3) is 0 Å². The van der Waals surface area contributed by atoms with E-state index >= 15 is 0 Å². The summed E-state index contributed by atoms with van der Waals surface area (Å²) in [7, 11) is 1.84. The number of rotatable bonds is 4. The van der Waals surface area contributed by atoms with Crippen LogP contribution in [-0.4, -0.2) is 74.2 Å². The van der Waals surface area contributed by atoms with Crippen LogP contribution in [0.5, 0.6) is 0 Å². The molecule has 0 aromatic carbocycles. The lowest BCUT2D eigenvalue weighted by Crippen LogP contribution is -2.45. The molecule has 0 spiro atoms. The van der Waals surface area contributed by atoms with Crippen LogP contribution in [-0.2, 0) is 9.53 Å². The zero-order chi connectivity index (χ0) is 13.7. The fraction of sp³-hybridized carbons (Fsp3) is 0.929. The molecule has 0 aliphatic carbocycles. The number of hydrogen-bond acceptors (Lipinski definition) is 4. The fourth-order valence-corrected chi connectivity index (χ4v) is 2.85. The van der Waals surface area contributed by atoms with Gasteiger partial charge in [-0.2, -0.15) is 0 Å². The van der Waals surface area contributed by atoms with Crippen molar-refractivity contribution in [2.24, 2.45) is 0 Å². The second-order valence-electron chi connectivity index (χ2n) is 5.62. The van der Waals surface area contributed by atoms with Gasteiger partial charge in [0.2, 0.25) is 5.91 Å². The molecule has 2 rings (SSSR count). The number of hydrogen-bond donors (Lipinski definition) is 1. The van der Waals surface area contributed by atoms with E-state index in [2.05, 4.69) is 10.2 Å². The van der Waals surface area contributed by atoms with Gasteiger partial charge in [-0.15, -0.1) is 0 Å². The number of likely N-dealkylation sites (N-methyl/N-ethyl adjacent to an activating group) is 1. The summed E-state index contributed by atoms with van der Waals surface area (Å²) in [4.78, 5) is 16.6. The Morgan fingerprint density at radius 3 is 2.84 bits per heavy atom. The zero-order valence-corrected chi connectivity index (χ0v) is 12.2. The van der Waals surface area contributed by atoms with Gasteiger partial charge in [-0.3, -0.25) is 9.69 Å². The van der Waals surface area contributed by atoms with E-state index in [-0.39, 0.29) is 11.9 Å². The molecule has 2 aliphatic rings. The molecule has 2 unspecified atom stereocenters. The van der Waals surface area contributed by atoms with Crippen molar-refractivity contribution in [3.05, 3.63) is 0 Å². The number of carbonyl (C=O) groups is 1. The Balaban J connectivity index is 1.78. The van der Waals surface area contributed by atoms with Crippen molar-refractivity contribution in [2.75, 3.05) is 46.4 Å². The third-order valence-electron chi connectivity index (χ3n) is 4.19. The van der Waals surface area contributed by atoms with Crippen molar-refractivity contribution in [2.45, 2.75) is 38.3 Å². The molecule has 0 radical (unpaired) electrons. The van der Waals surface area contributed by atoms with E-state index in [1.807, 2.05) is 18.9 Å². The molecule has 5 heteroatoms. The SMILES string of the molecule is CNC(C)C(=O)N1CCCN(CC2CCCO2)CC1. The Labute approximate surface area is 116 Å². The average Bonchev–Trinajstić information content (AvgIpc) is 2.82. The summed E-state index contributed by atoms with van der Waals surface area (Å²) in [5.41, 5.74) is 0. The van der Waals surface area contributed by atoms with Gasteiger partial charge in [0.25, 0.3) is 0 Å². The molecule has 2 fully saturated rings. The van der Waals surface area contributed by atoms with Crippen LogP contribution in [0.2, 0.25) is 0 Å². The second-order valence-corrected chi connectivity index (χ2v) is 5.62. The summed E-state index contributed by atoms with van der Waals surface area (Å²) < 4.78 is 5.69. The van der Waals surface area contributed by atoms with Crippen LogP contribution in [0, 0.1) is 0 Å². The van der Waals surface area contributed by atoms with Crippen LogP contribution in [0.3, 0.4) is 0 Å². The lowest BCUT2D eigenvalue weighted by molar-refractivity contribution is -0.132. The molecule has 0 aromatic heterocycles. The van der Waals surface area contributed by atoms with Gasteiger partial charge in [0.15, 0.2) is 0 Å². The molecule has 1 amide bonds. The molecule has 0 saturated carbocycles. The normalized spacial score (nSPS) is 27.3. The molecule has 1 N–H and O–H groups in total. The quantitative estimate of drug-likeness (QED) is 0.798. The number of amides is 1. The number of carbonyl (C=O) groups excluding carboxylic acids is 1. The predicted molar refractivity (Wildman–Crippen MR) is 75.1 cm³/mol. The standard InChI is InChI=1S/C14H27N3O2/c1-12(15-2)14(18)17-7-4-6-16(8-9-17)11-13-5-3-10-19-13/h12-13,15H,3-11H2,1-2H3. The number of nitrogens with zero attached hydrogens (tertiary/aromatic N) is 2. The summed E-state index contributed by atoms with van der Waals surface area (Å²) in [6.45, 7) is 7.66. The molecular formula is C14H27N3O2. The first-order chi connectivity index (χ1) is 9.20. The van der Waals surface area contributed by atoms with E-state index < -0.39 is 0 Å². The Morgan fingerprint density at radius 2 is 2.16 bits per heavy atom. The topological polar surface area (TPSA) is 44.8 Å². The van der Waals surface area contributed by atoms with Crippen molar-refractivity contribution in [1.82, 2.24) is 15.1 Å². The van der Waals surface area contributed by atoms with E-state index in [1.54, 1.807) is 0 Å². The van der Waals surface area contributed by atoms with Crippen LogP contribution in [0.1, 0.15) is 26.2 Å². The first-order valence-electron chi connectivity index (χ1n) is 7.50. The van der Waals surface area contributed by atoms with E-state index in [0.717, 1.165) is 45.8 Å². The maximum absolute atomic E-state index is 12.2. The van der Waals surface area contributed by atoms with Gasteiger partial charge < -0.3 is 15.0 Å². The van der Waals surface area contributed by atoms with Crippen molar-refractivity contribution in [3.63, 3.8) is 0 Å². The lowest BCUT2D eigenvalue weighted by atomic mass is 10.2. The van der Waals surface area contributed by atoms with Crippen molar-refractivity contribution in [3.8, 4) is 0 Å². The van der Waals surface area contributed by atoms with E-state index in [0.29, 0.717) is 6.10 Å². The lowest BCUT2D eigenvalue weighted by Gasteiger charge is -2.25. The molecule has 2 heterocycles. The van der Waals surface area contributed by atoms with Gasteiger partial charge >= 0.3 is 0 Å². The minimum Gasteiger partial charge on any atom is -0.377 e. The van der Waals surface area contributed by atoms with E-state index in [9.17, 15) is 4.79 Å². The highest BCUT2D eigenvalue weighted by molar-refractivity contribution is 5.81. The third kappa shape index (κ3) is 4.16. The van der Waals surface area contributed by atoms with Gasteiger partial charge in [-0.05, 0) is 39.8 Å². The molecule has 0 bridgehead atoms. The number of ether oxygens (including phenoxy) is 1. The van der Waals surface area contributed by atoms with Gasteiger partial charge in [0, 0.05) is 32.8 Å². The molecule has 2 aliphatic heterocycles. The van der Waals surface area contributed by atoms with Gasteiger partial charge in [-0.25, -0.2) is 0 Å². The summed E-state index contributed by atoms with van der Waals surface area (Å²) in [5.74, 6) is 0.224. The fourth-order valence-electron chi connectivity index (χ4n) is 2.85. The monoisotopic (exact) mass is 269 g/mol. The summed E-state index contributed by atoms with van der Waals surface area (Å²) in [6, 6.07) is -0.0790. The highest BCUT2D eigenvalue weighted by Gasteiger charge is 2.24. The molecule has 19 heavy (non-hydrogen) atoms. The maximum Gasteiger partial charge on any atom is 0.239 e. The summed E-state index contributed by atoms with van der Waals surface area (Å²) in [5, 5.41) is 3.03. The molecular weight excluding hydrogens is 242 g/mol. The largest absolute Gasteiger partial charge is 0.377 e. The molecule has 2 atom stereocenters. The Hall–Kier alpha value is -0.650. The first kappa shape index (κ1) is 14.8. The van der Waals surface area contributed by atoms with Crippen LogP contribution < -0.4 is 5.32 Å². The second kappa shape index (κ2) is 7.22. The van der Waals surface area contributed by atoms with Crippen molar-refractivity contribution in [1.29, 1.82) is 0 Å². The minimum absolute atomic E-state index is 0.0790. The van der Waals surface area contributed by atoms with Gasteiger partial charge in [0.05, 0.1) is 12.1 Å². The summed E-state index contributed by atoms with van der Waals surface area (Å²) in [6.07, 6.45) is 3.87. The van der Waals surface area contributed by atoms with Crippen LogP contribution in [0.15, 0.2) is 0 Å². The molecule has 0 aromatic rings. The van der Waals surface area contributed by atoms with Crippen molar-refractivity contribution < 1.29 is 9.53 Å². The average molecular weight is 269 g/mol. The number of nitrogens with one attached hydrogen (secondary N) is 1. The Bertz CT molecular complexity index is 292. The van der Waals surface area contributed by atoms with Crippen LogP contribution in [0.4, 0.5) is 0 Å². The molecule has 5 nitrogen and oxygen atoms in total. The smallest absolute Gasteiger partial charge is 0.239 e. The summed E-state index contributed by atoms with van der Waals surface area (Å²) >= 11 is 0. The Morgan fingerprint density at radius 1 is 1.32 bits per heavy atom. The predicted octanol–water partition coefficient (Wildman–Crippen LogP) is 0.308. The highest BCUT2D eigenvalue weighted by Crippen LogP contribution is 2.14. The molecule has 110 valence electrons. The van der Waals surface area contributed by atoms with Crippen molar-refractivity contribution >= 4 is 5.91 Å². The first-order valence-corrected chi connectivity index (χ1v) is 7.50. The van der Waals surface area contributed by atoms with Crippen LogP contribution >= 0.6 is 0 Å². The molecule has 2 saturated heterocycles. The Kier molecular flexibility index (Phi) is 5.60. The van der Waals surface area contributed by atoms with E-state index in [4.69, 9.17) is 4.74 Å². The minimum atomic E-state index is -0.0790. The highest BCUT2D eigenvalue weighted by atomic mass is 16.5. The van der Waals surface area contributed by atoms with Gasteiger partial charge in [-0.1, -0.05) is 0 Å². The van der Waals surface area contributed by atoms with Gasteiger partial charge in [0.1, 0.15) is 0 Å². The third-order valence-corrected chi connectivity index (χ3v) is 4.19. The maximum atomic E-state index is 12.2.